The lowest BCUT2D eigenvalue weighted by molar-refractivity contribution is 0.195. The van der Waals surface area contributed by atoms with Crippen LogP contribution in [0, 0.1) is 0 Å². The summed E-state index contributed by atoms with van der Waals surface area (Å²) in [6.45, 7) is -0.0386. The molecule has 0 saturated carbocycles. The molecular formula is C15H16NO5PS. The monoisotopic (exact) mass is 353 g/mol. The molecule has 0 fully saturated rings. The molecule has 0 spiro atoms. The van der Waals surface area contributed by atoms with Crippen LogP contribution in [-0.2, 0) is 15.5 Å². The first-order valence-corrected chi connectivity index (χ1v) is 9.38. The third-order valence-electron chi connectivity index (χ3n) is 3.46. The molecule has 6 nitrogen and oxygen atoms in total. The number of phosphoric acid groups is 1. The highest BCUT2D eigenvalue weighted by atomic mass is 32.2. The average molecular weight is 353 g/mol. The molecule has 2 aromatic rings. The van der Waals surface area contributed by atoms with E-state index in [0.29, 0.717) is 18.5 Å². The minimum absolute atomic E-state index is 0.0386. The summed E-state index contributed by atoms with van der Waals surface area (Å²) in [5, 5.41) is 11.7. The summed E-state index contributed by atoms with van der Waals surface area (Å²) < 4.78 is 15.1. The lowest BCUT2D eigenvalue weighted by Crippen LogP contribution is -2.17. The van der Waals surface area contributed by atoms with Crippen molar-refractivity contribution in [3.05, 3.63) is 48.0 Å². The fourth-order valence-electron chi connectivity index (χ4n) is 2.50. The first-order valence-electron chi connectivity index (χ1n) is 7.03. The molecule has 0 bridgehead atoms. The fraction of sp³-hybridized carbons (Fsp3) is 0.200. The van der Waals surface area contributed by atoms with Crippen molar-refractivity contribution < 1.29 is 24.1 Å². The quantitative estimate of drug-likeness (QED) is 0.557. The zero-order chi connectivity index (χ0) is 16.4. The van der Waals surface area contributed by atoms with Crippen molar-refractivity contribution in [2.24, 2.45) is 0 Å². The molecule has 1 heterocycles. The number of hydrogen-bond donors (Lipinski definition) is 3. The van der Waals surface area contributed by atoms with E-state index in [1.54, 1.807) is 11.8 Å². The van der Waals surface area contributed by atoms with E-state index in [2.05, 4.69) is 4.52 Å². The maximum absolute atomic E-state index is 10.7. The van der Waals surface area contributed by atoms with Gasteiger partial charge in [0, 0.05) is 9.79 Å². The van der Waals surface area contributed by atoms with Crippen molar-refractivity contribution in [2.45, 2.75) is 22.6 Å². The summed E-state index contributed by atoms with van der Waals surface area (Å²) in [5.74, 6) is 0. The molecule has 0 atom stereocenters. The molecule has 0 aliphatic carbocycles. The van der Waals surface area contributed by atoms with Gasteiger partial charge >= 0.3 is 7.82 Å². The summed E-state index contributed by atoms with van der Waals surface area (Å²) in [6.07, 6.45) is 0.991. The van der Waals surface area contributed by atoms with Crippen LogP contribution in [0.15, 0.2) is 52.3 Å². The smallest absolute Gasteiger partial charge is 0.303 e. The van der Waals surface area contributed by atoms with Gasteiger partial charge in [-0.3, -0.25) is 9.73 Å². The molecule has 0 unspecified atom stereocenters. The molecule has 8 heteroatoms. The third-order valence-corrected chi connectivity index (χ3v) is 5.09. The molecule has 122 valence electrons. The first-order chi connectivity index (χ1) is 11.0. The highest BCUT2D eigenvalue weighted by molar-refractivity contribution is 7.99. The Morgan fingerprint density at radius 2 is 1.83 bits per heavy atom. The number of hydrogen-bond acceptors (Lipinski definition) is 5. The maximum Gasteiger partial charge on any atom is 0.469 e. The Morgan fingerprint density at radius 1 is 1.09 bits per heavy atom. The number of para-hydroxylation sites is 2. The van der Waals surface area contributed by atoms with Gasteiger partial charge in [0.25, 0.3) is 0 Å². The molecule has 0 aromatic heterocycles. The van der Waals surface area contributed by atoms with Gasteiger partial charge in [0.15, 0.2) is 0 Å². The van der Waals surface area contributed by atoms with Crippen molar-refractivity contribution in [3.8, 4) is 0 Å². The third kappa shape index (κ3) is 3.77. The zero-order valence-electron chi connectivity index (χ0n) is 12.1. The van der Waals surface area contributed by atoms with Crippen LogP contribution in [0.25, 0.3) is 0 Å². The highest BCUT2D eigenvalue weighted by Gasteiger charge is 2.24. The summed E-state index contributed by atoms with van der Waals surface area (Å²) in [4.78, 5) is 19.3. The number of phosphoric ester groups is 1. The van der Waals surface area contributed by atoms with E-state index in [4.69, 9.17) is 9.79 Å². The Balaban J connectivity index is 1.79. The van der Waals surface area contributed by atoms with E-state index in [1.807, 2.05) is 42.5 Å². The summed E-state index contributed by atoms with van der Waals surface area (Å²) >= 11 is 1.59. The van der Waals surface area contributed by atoms with Gasteiger partial charge in [-0.05, 0) is 36.6 Å². The SMILES string of the molecule is O=P(O)(O)OCCCc1cccc2c1N(O)c1ccccc1S2. The van der Waals surface area contributed by atoms with Gasteiger partial charge in [0.1, 0.15) is 0 Å². The summed E-state index contributed by atoms with van der Waals surface area (Å²) in [7, 11) is -4.43. The maximum atomic E-state index is 10.7. The molecule has 3 rings (SSSR count). The number of aryl methyl sites for hydroxylation is 1. The van der Waals surface area contributed by atoms with Crippen LogP contribution in [-0.4, -0.2) is 21.6 Å². The van der Waals surface area contributed by atoms with Crippen molar-refractivity contribution >= 4 is 31.0 Å². The van der Waals surface area contributed by atoms with E-state index >= 15 is 0 Å². The molecule has 0 saturated heterocycles. The van der Waals surface area contributed by atoms with Crippen molar-refractivity contribution in [3.63, 3.8) is 0 Å². The Labute approximate surface area is 137 Å². The standard InChI is InChI=1S/C15H16NO5PS/c17-16-12-7-1-2-8-13(12)23-14-9-3-5-11(15(14)16)6-4-10-21-22(18,19)20/h1-3,5,7-9,17H,4,6,10H2,(H2,18,19,20). The largest absolute Gasteiger partial charge is 0.469 e. The van der Waals surface area contributed by atoms with E-state index in [9.17, 15) is 9.77 Å². The lowest BCUT2D eigenvalue weighted by atomic mass is 10.1. The van der Waals surface area contributed by atoms with Crippen LogP contribution in [0.4, 0.5) is 11.4 Å². The molecular weight excluding hydrogens is 337 g/mol. The van der Waals surface area contributed by atoms with Crippen molar-refractivity contribution in [1.29, 1.82) is 0 Å². The number of anilines is 2. The Bertz CT molecular complexity index is 763. The highest BCUT2D eigenvalue weighted by Crippen LogP contribution is 2.48. The minimum Gasteiger partial charge on any atom is -0.303 e. The lowest BCUT2D eigenvalue weighted by Gasteiger charge is -2.29. The molecule has 0 radical (unpaired) electrons. The van der Waals surface area contributed by atoms with Crippen molar-refractivity contribution in [1.82, 2.24) is 0 Å². The van der Waals surface area contributed by atoms with Crippen LogP contribution in [0.5, 0.6) is 0 Å². The summed E-state index contributed by atoms with van der Waals surface area (Å²) in [6, 6.07) is 13.3. The van der Waals surface area contributed by atoms with Gasteiger partial charge in [0.2, 0.25) is 0 Å². The van der Waals surface area contributed by atoms with Gasteiger partial charge < -0.3 is 9.79 Å². The first kappa shape index (κ1) is 16.5. The minimum atomic E-state index is -4.43. The van der Waals surface area contributed by atoms with E-state index in [1.165, 1.54) is 5.06 Å². The van der Waals surface area contributed by atoms with Gasteiger partial charge in [-0.15, -0.1) is 0 Å². The zero-order valence-corrected chi connectivity index (χ0v) is 13.8. The van der Waals surface area contributed by atoms with E-state index < -0.39 is 7.82 Å². The second-order valence-electron chi connectivity index (χ2n) is 5.07. The van der Waals surface area contributed by atoms with E-state index in [0.717, 1.165) is 21.0 Å². The predicted octanol–water partition coefficient (Wildman–Crippen LogP) is 3.72. The van der Waals surface area contributed by atoms with Gasteiger partial charge in [0.05, 0.1) is 18.0 Å². The van der Waals surface area contributed by atoms with Crippen LogP contribution in [0.3, 0.4) is 0 Å². The normalized spacial score (nSPS) is 13.6. The fourth-order valence-corrected chi connectivity index (χ4v) is 3.97. The molecule has 0 amide bonds. The molecule has 1 aliphatic heterocycles. The number of rotatable bonds is 5. The Morgan fingerprint density at radius 3 is 2.61 bits per heavy atom. The number of nitrogens with zero attached hydrogens (tertiary/aromatic N) is 1. The number of benzene rings is 2. The topological polar surface area (TPSA) is 90.2 Å². The van der Waals surface area contributed by atoms with Crippen LogP contribution in [0.2, 0.25) is 0 Å². The molecule has 23 heavy (non-hydrogen) atoms. The van der Waals surface area contributed by atoms with Gasteiger partial charge in [-0.2, -0.15) is 0 Å². The van der Waals surface area contributed by atoms with Crippen LogP contribution in [0.1, 0.15) is 12.0 Å². The predicted molar refractivity (Wildman–Crippen MR) is 87.2 cm³/mol. The van der Waals surface area contributed by atoms with E-state index in [-0.39, 0.29) is 6.61 Å². The number of fused-ring (bicyclic) bond motifs is 2. The van der Waals surface area contributed by atoms with Gasteiger partial charge in [-0.1, -0.05) is 36.0 Å². The molecule has 1 aliphatic rings. The van der Waals surface area contributed by atoms with Gasteiger partial charge in [-0.25, -0.2) is 9.63 Å². The average Bonchev–Trinajstić information content (AvgIpc) is 2.51. The van der Waals surface area contributed by atoms with Crippen molar-refractivity contribution in [2.75, 3.05) is 11.7 Å². The molecule has 2 aromatic carbocycles. The van der Waals surface area contributed by atoms with Crippen LogP contribution < -0.4 is 5.06 Å². The Kier molecular flexibility index (Phi) is 4.77. The second kappa shape index (κ2) is 6.65. The Hall–Kier alpha value is -1.34. The summed E-state index contributed by atoms with van der Waals surface area (Å²) in [5.41, 5.74) is 2.35. The second-order valence-corrected chi connectivity index (χ2v) is 7.40. The van der Waals surface area contributed by atoms with Crippen LogP contribution >= 0.6 is 19.6 Å². The molecule has 3 N–H and O–H groups in total.